The zero-order valence-corrected chi connectivity index (χ0v) is 28.6. The summed E-state index contributed by atoms with van der Waals surface area (Å²) in [4.78, 5) is 9.71. The van der Waals surface area contributed by atoms with Gasteiger partial charge in [0.05, 0.1) is 34.7 Å². The summed E-state index contributed by atoms with van der Waals surface area (Å²) in [5.74, 6) is 0.106. The van der Waals surface area contributed by atoms with Crippen LogP contribution in [0.15, 0.2) is 194 Å². The van der Waals surface area contributed by atoms with Crippen LogP contribution in [0.5, 0.6) is 0 Å². The van der Waals surface area contributed by atoms with Gasteiger partial charge < -0.3 is 0 Å². The molecule has 0 radical (unpaired) electrons. The Kier molecular flexibility index (Phi) is 3.99. The Morgan fingerprint density at radius 3 is 1.71 bits per heavy atom. The molecule has 0 amide bonds. The number of nitrogens with zero attached hydrogens (tertiary/aromatic N) is 2. The van der Waals surface area contributed by atoms with Gasteiger partial charge in [-0.15, -0.1) is 0 Å². The number of benzene rings is 8. The first-order valence-corrected chi connectivity index (χ1v) is 17.1. The van der Waals surface area contributed by atoms with Crippen molar-refractivity contribution in [2.24, 2.45) is 0 Å². The second-order valence-corrected chi connectivity index (χ2v) is 12.8. The molecule has 0 spiro atoms. The predicted octanol–water partition coefficient (Wildman–Crippen LogP) is 13.9. The Balaban J connectivity index is 1.34. The molecule has 55 heavy (non-hydrogen) atoms. The van der Waals surface area contributed by atoms with Crippen molar-refractivity contribution in [3.05, 3.63) is 205 Å². The molecule has 1 heterocycles. The minimum Gasteiger partial charge on any atom is -0.228 e. The molecule has 2 heteroatoms. The van der Waals surface area contributed by atoms with Gasteiger partial charge in [0.2, 0.25) is 0 Å². The molecule has 1 aliphatic carbocycles. The molecule has 260 valence electrons. The van der Waals surface area contributed by atoms with E-state index in [9.17, 15) is 12.3 Å². The molecule has 2 nitrogen and oxygen atoms in total. The van der Waals surface area contributed by atoms with Crippen molar-refractivity contribution < 1.29 is 31.5 Å². The van der Waals surface area contributed by atoms with E-state index in [1.54, 1.807) is 42.5 Å². The average Bonchev–Trinajstić information content (AvgIpc) is 3.53. The van der Waals surface area contributed by atoms with Crippen LogP contribution in [0.1, 0.15) is 56.4 Å². The number of rotatable bonds is 6. The maximum absolute atomic E-state index is 10.0. The zero-order valence-electron chi connectivity index (χ0n) is 51.6. The third-order valence-corrected chi connectivity index (χ3v) is 9.40. The molecule has 1 aliphatic rings. The Hall–Kier alpha value is -6.90. The van der Waals surface area contributed by atoms with Gasteiger partial charge in [0.25, 0.3) is 0 Å². The fourth-order valence-electron chi connectivity index (χ4n) is 6.75. The van der Waals surface area contributed by atoms with Gasteiger partial charge in [0.1, 0.15) is 0 Å². The molecule has 0 atom stereocenters. The van der Waals surface area contributed by atoms with Crippen LogP contribution in [-0.2, 0) is 5.41 Å². The molecule has 0 aliphatic heterocycles. The van der Waals surface area contributed by atoms with Gasteiger partial charge in [0, 0.05) is 30.3 Å². The van der Waals surface area contributed by atoms with Crippen LogP contribution in [0.4, 0.5) is 0 Å². The summed E-state index contributed by atoms with van der Waals surface area (Å²) in [6.45, 7) is -7.85. The van der Waals surface area contributed by atoms with E-state index in [0.717, 1.165) is 11.1 Å². The molecule has 0 saturated carbocycles. The third-order valence-electron chi connectivity index (χ3n) is 9.40. The summed E-state index contributed by atoms with van der Waals surface area (Å²) < 4.78 is 210. The van der Waals surface area contributed by atoms with Crippen LogP contribution in [0.2, 0.25) is 0 Å². The Morgan fingerprint density at radius 2 is 0.982 bits per heavy atom. The van der Waals surface area contributed by atoms with Gasteiger partial charge in [-0.1, -0.05) is 183 Å². The number of fused-ring (bicyclic) bond motifs is 4. The second-order valence-electron chi connectivity index (χ2n) is 12.8. The van der Waals surface area contributed by atoms with E-state index in [4.69, 9.17) is 29.2 Å². The molecule has 0 bridgehead atoms. The standard InChI is InChI=1S/C53H38N2/c1-53(2)48-32-39(36-17-8-4-9-18-36)25-27-45(48)46-28-26-40(33-49(46)53)42-29-30-47(44-24-13-12-23-43(42)44)51-34-50(54-52(55-51)37-19-10-5-11-20-37)41-22-14-21-38(31-41)35-15-6-3-7-16-35/h3-34H,1-2H3/i1D3,2D3,4D,8D,9D,12D,13D,17D,18D,23D,24D,25D,26D,27D,28D,29D,30D,32D,33D. The number of hydrogen-bond donors (Lipinski definition) is 0. The summed E-state index contributed by atoms with van der Waals surface area (Å²) in [7, 11) is 0. The van der Waals surface area contributed by atoms with Gasteiger partial charge in [0.15, 0.2) is 5.82 Å². The van der Waals surface area contributed by atoms with Crippen molar-refractivity contribution in [3.8, 4) is 78.4 Å². The summed E-state index contributed by atoms with van der Waals surface area (Å²) in [6, 6.07) is 10.5. The summed E-state index contributed by atoms with van der Waals surface area (Å²) in [6.07, 6.45) is 0. The molecular weight excluding hydrogens is 665 g/mol. The Morgan fingerprint density at radius 1 is 0.418 bits per heavy atom. The first-order chi connectivity index (χ1) is 36.6. The normalized spacial score (nSPS) is 19.1. The maximum atomic E-state index is 10.0. The van der Waals surface area contributed by atoms with Crippen LogP contribution in [0, 0.1) is 0 Å². The smallest absolute Gasteiger partial charge is 0.160 e. The van der Waals surface area contributed by atoms with E-state index in [-0.39, 0.29) is 17.1 Å². The van der Waals surface area contributed by atoms with Crippen molar-refractivity contribution in [2.45, 2.75) is 19.1 Å². The predicted molar refractivity (Wildman–Crippen MR) is 230 cm³/mol. The van der Waals surface area contributed by atoms with Crippen LogP contribution in [-0.4, -0.2) is 9.97 Å². The van der Waals surface area contributed by atoms with Crippen LogP contribution < -0.4 is 0 Å². The highest BCUT2D eigenvalue weighted by Crippen LogP contribution is 2.51. The molecule has 0 saturated heterocycles. The van der Waals surface area contributed by atoms with Crippen LogP contribution in [0.3, 0.4) is 0 Å². The summed E-state index contributed by atoms with van der Waals surface area (Å²) in [5, 5.41) is -1.07. The summed E-state index contributed by atoms with van der Waals surface area (Å²) in [5.41, 5.74) is -8.44. The molecule has 0 fully saturated rings. The largest absolute Gasteiger partial charge is 0.228 e. The van der Waals surface area contributed by atoms with Crippen molar-refractivity contribution in [1.82, 2.24) is 9.97 Å². The lowest BCUT2D eigenvalue weighted by Gasteiger charge is -2.23. The van der Waals surface area contributed by atoms with E-state index in [1.807, 2.05) is 42.5 Å². The minimum atomic E-state index is -3.92. The quantitative estimate of drug-likeness (QED) is 0.171. The summed E-state index contributed by atoms with van der Waals surface area (Å²) >= 11 is 0. The highest BCUT2D eigenvalue weighted by Gasteiger charge is 2.36. The van der Waals surface area contributed by atoms with Crippen molar-refractivity contribution in [2.75, 3.05) is 0 Å². The first-order valence-electron chi connectivity index (χ1n) is 28.6. The van der Waals surface area contributed by atoms with Crippen molar-refractivity contribution in [1.29, 1.82) is 0 Å². The zero-order chi connectivity index (χ0) is 56.7. The van der Waals surface area contributed by atoms with Crippen LogP contribution in [0.25, 0.3) is 89.2 Å². The fraction of sp³-hybridized carbons (Fsp3) is 0.0566. The van der Waals surface area contributed by atoms with E-state index in [2.05, 4.69) is 0 Å². The molecular formula is C53H38N2. The Labute approximate surface area is 354 Å². The molecule has 10 rings (SSSR count). The highest BCUT2D eigenvalue weighted by molar-refractivity contribution is 6.05. The fourth-order valence-corrected chi connectivity index (χ4v) is 6.75. The van der Waals surface area contributed by atoms with Crippen molar-refractivity contribution >= 4 is 10.8 Å². The molecule has 9 aromatic rings. The van der Waals surface area contributed by atoms with Gasteiger partial charge in [-0.3, -0.25) is 0 Å². The lowest BCUT2D eigenvalue weighted by molar-refractivity contribution is 0.661. The highest BCUT2D eigenvalue weighted by atomic mass is 14.9. The van der Waals surface area contributed by atoms with Crippen molar-refractivity contribution in [3.63, 3.8) is 0 Å². The molecule has 0 N–H and O–H groups in total. The van der Waals surface area contributed by atoms with Gasteiger partial charge >= 0.3 is 0 Å². The topological polar surface area (TPSA) is 25.8 Å². The minimum absolute atomic E-state index is 0.106. The molecule has 1 aromatic heterocycles. The Bertz CT molecular complexity index is 4040. The number of hydrogen-bond acceptors (Lipinski definition) is 2. The van der Waals surface area contributed by atoms with E-state index < -0.39 is 177 Å². The lowest BCUT2D eigenvalue weighted by Crippen LogP contribution is -2.15. The SMILES string of the molecule is [2H]c1c([2H])c([2H])c(-c2c([2H])c([2H])c3c(c2[2H])C(C([2H])([2H])[2H])(C([2H])([2H])[2H])c2c([2H])c(-c4c([2H])c([2H])c(-c5cc(-c6cccc(-c7ccccc7)c6)nc(-c6ccccc6)n5)c5c([2H])c([2H])c([2H])c([2H])c45)c([2H])c([2H])c2-3)c([2H])c1[2H]. The number of aromatic nitrogens is 2. The second kappa shape index (κ2) is 13.2. The van der Waals surface area contributed by atoms with Gasteiger partial charge in [-0.05, 0) is 90.6 Å². The molecule has 0 unspecified atom stereocenters. The van der Waals surface area contributed by atoms with Crippen LogP contribution >= 0.6 is 0 Å². The monoisotopic (exact) mass is 725 g/mol. The average molecular weight is 726 g/mol. The third kappa shape index (κ3) is 5.75. The van der Waals surface area contributed by atoms with Gasteiger partial charge in [-0.25, -0.2) is 9.97 Å². The van der Waals surface area contributed by atoms with Gasteiger partial charge in [-0.2, -0.15) is 0 Å². The van der Waals surface area contributed by atoms with E-state index >= 15 is 0 Å². The first kappa shape index (κ1) is 16.6. The van der Waals surface area contributed by atoms with E-state index in [0.29, 0.717) is 16.8 Å². The lowest BCUT2D eigenvalue weighted by atomic mass is 9.80. The maximum Gasteiger partial charge on any atom is 0.160 e. The van der Waals surface area contributed by atoms with E-state index in [1.165, 1.54) is 6.07 Å². The molecule has 8 aromatic carbocycles.